The normalized spacial score (nSPS) is 13.2. The van der Waals surface area contributed by atoms with Crippen molar-refractivity contribution in [2.75, 3.05) is 20.3 Å². The largest absolute Gasteiger partial charge is 0.480 e. The number of ether oxygens (including phenoxy) is 1. The van der Waals surface area contributed by atoms with Crippen LogP contribution in [0.25, 0.3) is 0 Å². The summed E-state index contributed by atoms with van der Waals surface area (Å²) in [4.78, 5) is 11.4. The second kappa shape index (κ2) is 7.41. The van der Waals surface area contributed by atoms with Gasteiger partial charge in [0.05, 0.1) is 0 Å². The van der Waals surface area contributed by atoms with Crippen LogP contribution in [-0.2, 0) is 14.9 Å². The van der Waals surface area contributed by atoms with Gasteiger partial charge in [-0.25, -0.2) is 0 Å². The van der Waals surface area contributed by atoms with Crippen molar-refractivity contribution in [3.05, 3.63) is 35.4 Å². The van der Waals surface area contributed by atoms with E-state index in [0.29, 0.717) is 13.2 Å². The summed E-state index contributed by atoms with van der Waals surface area (Å²) in [5, 5.41) is 12.4. The highest BCUT2D eigenvalue weighted by atomic mass is 16.5. The first-order valence-corrected chi connectivity index (χ1v) is 6.92. The molecule has 4 nitrogen and oxygen atoms in total. The minimum absolute atomic E-state index is 0.0726. The van der Waals surface area contributed by atoms with Crippen LogP contribution in [0.3, 0.4) is 0 Å². The number of carboxylic acid groups (broad SMARTS) is 1. The molecule has 112 valence electrons. The molecule has 0 aliphatic heterocycles. The maximum Gasteiger partial charge on any atom is 0.325 e. The van der Waals surface area contributed by atoms with Crippen LogP contribution in [0.1, 0.15) is 44.4 Å². The van der Waals surface area contributed by atoms with Gasteiger partial charge in [-0.15, -0.1) is 0 Å². The van der Waals surface area contributed by atoms with Crippen molar-refractivity contribution in [2.24, 2.45) is 0 Å². The Labute approximate surface area is 121 Å². The molecule has 1 unspecified atom stereocenters. The molecule has 0 heterocycles. The number of hydrogen-bond acceptors (Lipinski definition) is 3. The zero-order chi connectivity index (χ0) is 15.2. The first kappa shape index (κ1) is 16.7. The predicted octanol–water partition coefficient (Wildman–Crippen LogP) is 2.74. The van der Waals surface area contributed by atoms with Crippen LogP contribution in [-0.4, -0.2) is 31.3 Å². The van der Waals surface area contributed by atoms with Gasteiger partial charge in [0, 0.05) is 13.7 Å². The Morgan fingerprint density at radius 2 is 1.90 bits per heavy atom. The SMILES string of the molecule is COCCCNC(C(=O)O)c1ccc(C(C)(C)C)cc1. The van der Waals surface area contributed by atoms with Crippen molar-refractivity contribution in [1.82, 2.24) is 5.32 Å². The lowest BCUT2D eigenvalue weighted by atomic mass is 9.86. The highest BCUT2D eigenvalue weighted by Gasteiger charge is 2.20. The molecule has 0 spiro atoms. The maximum atomic E-state index is 11.4. The minimum Gasteiger partial charge on any atom is -0.480 e. The molecule has 0 fully saturated rings. The van der Waals surface area contributed by atoms with Crippen molar-refractivity contribution in [1.29, 1.82) is 0 Å². The molecule has 4 heteroatoms. The van der Waals surface area contributed by atoms with E-state index in [4.69, 9.17) is 4.74 Å². The number of benzene rings is 1. The van der Waals surface area contributed by atoms with Gasteiger partial charge < -0.3 is 15.2 Å². The van der Waals surface area contributed by atoms with E-state index in [2.05, 4.69) is 26.1 Å². The van der Waals surface area contributed by atoms with E-state index in [1.165, 1.54) is 5.56 Å². The molecule has 0 radical (unpaired) electrons. The molecule has 0 saturated heterocycles. The lowest BCUT2D eigenvalue weighted by Gasteiger charge is -2.20. The van der Waals surface area contributed by atoms with Crippen LogP contribution in [0, 0.1) is 0 Å². The molecular weight excluding hydrogens is 254 g/mol. The van der Waals surface area contributed by atoms with Gasteiger partial charge in [-0.1, -0.05) is 45.0 Å². The van der Waals surface area contributed by atoms with E-state index in [0.717, 1.165) is 12.0 Å². The topological polar surface area (TPSA) is 58.6 Å². The standard InChI is InChI=1S/C16H25NO3/c1-16(2,3)13-8-6-12(7-9-13)14(15(18)19)17-10-5-11-20-4/h6-9,14,17H,5,10-11H2,1-4H3,(H,18,19). The summed E-state index contributed by atoms with van der Waals surface area (Å²) < 4.78 is 4.96. The van der Waals surface area contributed by atoms with Gasteiger partial charge in [-0.2, -0.15) is 0 Å². The van der Waals surface area contributed by atoms with E-state index >= 15 is 0 Å². The first-order chi connectivity index (χ1) is 9.36. The van der Waals surface area contributed by atoms with Crippen LogP contribution < -0.4 is 5.32 Å². The van der Waals surface area contributed by atoms with Gasteiger partial charge >= 0.3 is 5.97 Å². The molecule has 20 heavy (non-hydrogen) atoms. The molecule has 0 aliphatic carbocycles. The molecule has 2 N–H and O–H groups in total. The highest BCUT2D eigenvalue weighted by molar-refractivity contribution is 5.75. The Balaban J connectivity index is 2.74. The lowest BCUT2D eigenvalue weighted by Crippen LogP contribution is -2.29. The van der Waals surface area contributed by atoms with Crippen LogP contribution in [0.5, 0.6) is 0 Å². The van der Waals surface area contributed by atoms with Crippen molar-refractivity contribution in [2.45, 2.75) is 38.6 Å². The van der Waals surface area contributed by atoms with Gasteiger partial charge in [0.1, 0.15) is 6.04 Å². The van der Waals surface area contributed by atoms with E-state index in [9.17, 15) is 9.90 Å². The molecule has 1 aromatic carbocycles. The maximum absolute atomic E-state index is 11.4. The summed E-state index contributed by atoms with van der Waals surface area (Å²) in [5.41, 5.74) is 2.05. The highest BCUT2D eigenvalue weighted by Crippen LogP contribution is 2.24. The van der Waals surface area contributed by atoms with E-state index in [1.807, 2.05) is 24.3 Å². The fraction of sp³-hybridized carbons (Fsp3) is 0.562. The summed E-state index contributed by atoms with van der Waals surface area (Å²) in [6.07, 6.45) is 0.792. The fourth-order valence-electron chi connectivity index (χ4n) is 1.99. The summed E-state index contributed by atoms with van der Waals surface area (Å²) >= 11 is 0. The molecule has 1 atom stereocenters. The number of methoxy groups -OCH3 is 1. The third kappa shape index (κ3) is 4.94. The minimum atomic E-state index is -0.856. The van der Waals surface area contributed by atoms with Gasteiger partial charge in [0.25, 0.3) is 0 Å². The number of nitrogens with one attached hydrogen (secondary N) is 1. The molecule has 0 aromatic heterocycles. The second-order valence-electron chi connectivity index (χ2n) is 5.94. The predicted molar refractivity (Wildman–Crippen MR) is 80.0 cm³/mol. The molecule has 1 rings (SSSR count). The number of aliphatic carboxylic acids is 1. The molecule has 0 amide bonds. The monoisotopic (exact) mass is 279 g/mol. The summed E-state index contributed by atoms with van der Waals surface area (Å²) in [7, 11) is 1.64. The Hall–Kier alpha value is -1.39. The Bertz CT molecular complexity index is 420. The summed E-state index contributed by atoms with van der Waals surface area (Å²) in [5.74, 6) is -0.856. The van der Waals surface area contributed by atoms with Crippen LogP contribution in [0.4, 0.5) is 0 Å². The number of rotatable bonds is 7. The lowest BCUT2D eigenvalue weighted by molar-refractivity contribution is -0.139. The van der Waals surface area contributed by atoms with E-state index < -0.39 is 12.0 Å². The third-order valence-corrected chi connectivity index (χ3v) is 3.23. The average Bonchev–Trinajstić information content (AvgIpc) is 2.37. The zero-order valence-electron chi connectivity index (χ0n) is 12.8. The molecule has 1 aromatic rings. The first-order valence-electron chi connectivity index (χ1n) is 6.92. The average molecular weight is 279 g/mol. The zero-order valence-corrected chi connectivity index (χ0v) is 12.8. The van der Waals surface area contributed by atoms with Crippen molar-refractivity contribution < 1.29 is 14.6 Å². The van der Waals surface area contributed by atoms with Gasteiger partial charge in [0.2, 0.25) is 0 Å². The number of carboxylic acids is 1. The van der Waals surface area contributed by atoms with Crippen molar-refractivity contribution in [3.63, 3.8) is 0 Å². The molecule has 0 aliphatic rings. The third-order valence-electron chi connectivity index (χ3n) is 3.23. The Kier molecular flexibility index (Phi) is 6.17. The van der Waals surface area contributed by atoms with Gasteiger partial charge in [-0.3, -0.25) is 4.79 Å². The Morgan fingerprint density at radius 1 is 1.30 bits per heavy atom. The fourth-order valence-corrected chi connectivity index (χ4v) is 1.99. The van der Waals surface area contributed by atoms with Crippen LogP contribution in [0.15, 0.2) is 24.3 Å². The van der Waals surface area contributed by atoms with Crippen LogP contribution in [0.2, 0.25) is 0 Å². The van der Waals surface area contributed by atoms with Gasteiger partial charge in [-0.05, 0) is 29.5 Å². The molecular formula is C16H25NO3. The molecule has 0 saturated carbocycles. The summed E-state index contributed by atoms with van der Waals surface area (Å²) in [6.45, 7) is 7.66. The van der Waals surface area contributed by atoms with Crippen molar-refractivity contribution >= 4 is 5.97 Å². The second-order valence-corrected chi connectivity index (χ2v) is 5.94. The number of carbonyl (C=O) groups is 1. The quantitative estimate of drug-likeness (QED) is 0.753. The van der Waals surface area contributed by atoms with Crippen LogP contribution >= 0.6 is 0 Å². The van der Waals surface area contributed by atoms with Gasteiger partial charge in [0.15, 0.2) is 0 Å². The van der Waals surface area contributed by atoms with E-state index in [1.54, 1.807) is 7.11 Å². The van der Waals surface area contributed by atoms with Crippen molar-refractivity contribution in [3.8, 4) is 0 Å². The van der Waals surface area contributed by atoms with E-state index in [-0.39, 0.29) is 5.41 Å². The summed E-state index contributed by atoms with van der Waals surface area (Å²) in [6, 6.07) is 7.12. The number of hydrogen-bond donors (Lipinski definition) is 2. The smallest absolute Gasteiger partial charge is 0.325 e. The molecule has 0 bridgehead atoms. The Morgan fingerprint density at radius 3 is 2.35 bits per heavy atom.